The SMILES string of the molecule is C#Cc1ccccc1C(C(=O)NC(C)CCC)N(CCO)C(=O)CNC(=O)OC(C)(C)C. The van der Waals surface area contributed by atoms with E-state index in [1.807, 2.05) is 13.8 Å². The Morgan fingerprint density at radius 1 is 1.25 bits per heavy atom. The van der Waals surface area contributed by atoms with E-state index in [9.17, 15) is 19.5 Å². The van der Waals surface area contributed by atoms with Gasteiger partial charge >= 0.3 is 6.09 Å². The molecule has 8 heteroatoms. The van der Waals surface area contributed by atoms with E-state index in [0.29, 0.717) is 11.1 Å². The number of carbonyl (C=O) groups is 3. The molecule has 2 atom stereocenters. The maximum Gasteiger partial charge on any atom is 0.408 e. The van der Waals surface area contributed by atoms with Gasteiger partial charge < -0.3 is 25.4 Å². The van der Waals surface area contributed by atoms with E-state index in [1.165, 1.54) is 4.90 Å². The first-order chi connectivity index (χ1) is 15.0. The van der Waals surface area contributed by atoms with Gasteiger partial charge in [0.05, 0.1) is 6.61 Å². The molecule has 0 aromatic heterocycles. The van der Waals surface area contributed by atoms with Crippen LogP contribution in [0.25, 0.3) is 0 Å². The molecular weight excluding hydrogens is 410 g/mol. The van der Waals surface area contributed by atoms with E-state index < -0.39 is 36.1 Å². The number of ether oxygens (including phenoxy) is 1. The van der Waals surface area contributed by atoms with Crippen LogP contribution in [0.3, 0.4) is 0 Å². The molecule has 1 rings (SSSR count). The molecule has 0 radical (unpaired) electrons. The summed E-state index contributed by atoms with van der Waals surface area (Å²) in [5.41, 5.74) is 0.212. The highest BCUT2D eigenvalue weighted by Gasteiger charge is 2.33. The Morgan fingerprint density at radius 3 is 2.47 bits per heavy atom. The molecule has 2 unspecified atom stereocenters. The minimum Gasteiger partial charge on any atom is -0.444 e. The van der Waals surface area contributed by atoms with Crippen molar-refractivity contribution in [3.8, 4) is 12.3 Å². The van der Waals surface area contributed by atoms with E-state index in [2.05, 4.69) is 16.6 Å². The summed E-state index contributed by atoms with van der Waals surface area (Å²) in [5, 5.41) is 14.9. The lowest BCUT2D eigenvalue weighted by atomic mass is 9.97. The van der Waals surface area contributed by atoms with Crippen molar-refractivity contribution in [1.29, 1.82) is 0 Å². The van der Waals surface area contributed by atoms with Crippen LogP contribution >= 0.6 is 0 Å². The largest absolute Gasteiger partial charge is 0.444 e. The standard InChI is InChI=1S/C24H35N3O5/c1-7-11-17(3)26-22(30)21(19-13-10-9-12-18(19)8-2)27(14-15-28)20(29)16-25-23(31)32-24(4,5)6/h2,9-10,12-13,17,21,28H,7,11,14-16H2,1,3-6H3,(H,25,31)(H,26,30). The molecule has 32 heavy (non-hydrogen) atoms. The Kier molecular flexibility index (Phi) is 10.7. The second-order valence-corrected chi connectivity index (χ2v) is 8.50. The third-order valence-electron chi connectivity index (χ3n) is 4.53. The summed E-state index contributed by atoms with van der Waals surface area (Å²) in [5.74, 6) is 1.59. The van der Waals surface area contributed by atoms with Gasteiger partial charge in [-0.2, -0.15) is 0 Å². The van der Waals surface area contributed by atoms with Crippen molar-refractivity contribution < 1.29 is 24.2 Å². The zero-order valence-corrected chi connectivity index (χ0v) is 19.6. The number of nitrogens with one attached hydrogen (secondary N) is 2. The topological polar surface area (TPSA) is 108 Å². The van der Waals surface area contributed by atoms with Crippen LogP contribution in [0, 0.1) is 12.3 Å². The summed E-state index contributed by atoms with van der Waals surface area (Å²) in [7, 11) is 0. The third-order valence-corrected chi connectivity index (χ3v) is 4.53. The molecule has 0 aliphatic heterocycles. The number of terminal acetylenes is 1. The number of hydrogen-bond acceptors (Lipinski definition) is 5. The fourth-order valence-corrected chi connectivity index (χ4v) is 3.21. The molecule has 0 aliphatic carbocycles. The maximum absolute atomic E-state index is 13.3. The van der Waals surface area contributed by atoms with Crippen LogP contribution in [-0.2, 0) is 14.3 Å². The Morgan fingerprint density at radius 2 is 1.91 bits per heavy atom. The summed E-state index contributed by atoms with van der Waals surface area (Å²) in [4.78, 5) is 39.5. The van der Waals surface area contributed by atoms with Crippen LogP contribution < -0.4 is 10.6 Å². The van der Waals surface area contributed by atoms with Gasteiger partial charge in [0.25, 0.3) is 0 Å². The van der Waals surface area contributed by atoms with Gasteiger partial charge in [-0.3, -0.25) is 9.59 Å². The number of aliphatic hydroxyl groups excluding tert-OH is 1. The van der Waals surface area contributed by atoms with Crippen molar-refractivity contribution >= 4 is 17.9 Å². The number of nitrogens with zero attached hydrogens (tertiary/aromatic N) is 1. The van der Waals surface area contributed by atoms with E-state index >= 15 is 0 Å². The average molecular weight is 446 g/mol. The zero-order valence-electron chi connectivity index (χ0n) is 19.6. The van der Waals surface area contributed by atoms with Crippen LogP contribution in [0.5, 0.6) is 0 Å². The number of benzene rings is 1. The van der Waals surface area contributed by atoms with Crippen LogP contribution in [0.4, 0.5) is 4.79 Å². The molecule has 3 amide bonds. The molecule has 0 saturated carbocycles. The number of rotatable bonds is 10. The minimum absolute atomic E-state index is 0.112. The van der Waals surface area contributed by atoms with Crippen LogP contribution in [0.15, 0.2) is 24.3 Å². The molecule has 3 N–H and O–H groups in total. The van der Waals surface area contributed by atoms with Crippen LogP contribution in [0.2, 0.25) is 0 Å². The highest BCUT2D eigenvalue weighted by molar-refractivity contribution is 5.91. The Hall–Kier alpha value is -3.05. The second kappa shape index (κ2) is 12.7. The monoisotopic (exact) mass is 445 g/mol. The molecule has 8 nitrogen and oxygen atoms in total. The van der Waals surface area contributed by atoms with Gasteiger partial charge in [-0.05, 0) is 45.7 Å². The zero-order chi connectivity index (χ0) is 24.3. The Balaban J connectivity index is 3.23. The summed E-state index contributed by atoms with van der Waals surface area (Å²) >= 11 is 0. The maximum atomic E-state index is 13.3. The fourth-order valence-electron chi connectivity index (χ4n) is 3.21. The summed E-state index contributed by atoms with van der Waals surface area (Å²) in [6.45, 7) is 8.13. The van der Waals surface area contributed by atoms with Crippen molar-refractivity contribution in [3.05, 3.63) is 35.4 Å². The number of alkyl carbamates (subject to hydrolysis) is 1. The smallest absolute Gasteiger partial charge is 0.408 e. The summed E-state index contributed by atoms with van der Waals surface area (Å²) < 4.78 is 5.16. The normalized spacial score (nSPS) is 12.8. The van der Waals surface area contributed by atoms with Crippen LogP contribution in [0.1, 0.15) is 64.6 Å². The van der Waals surface area contributed by atoms with Gasteiger partial charge in [-0.1, -0.05) is 37.5 Å². The molecule has 1 aromatic carbocycles. The van der Waals surface area contributed by atoms with Crippen molar-refractivity contribution in [2.24, 2.45) is 0 Å². The molecule has 176 valence electrons. The lowest BCUT2D eigenvalue weighted by molar-refractivity contribution is -0.141. The number of carbonyl (C=O) groups excluding carboxylic acids is 3. The number of amides is 3. The molecule has 1 aromatic rings. The molecular formula is C24H35N3O5. The van der Waals surface area contributed by atoms with Crippen molar-refractivity contribution in [2.45, 2.75) is 65.1 Å². The van der Waals surface area contributed by atoms with Gasteiger partial charge in [0, 0.05) is 18.2 Å². The van der Waals surface area contributed by atoms with E-state index in [0.717, 1.165) is 12.8 Å². The minimum atomic E-state index is -1.07. The summed E-state index contributed by atoms with van der Waals surface area (Å²) in [6, 6.07) is 5.66. The lowest BCUT2D eigenvalue weighted by Crippen LogP contribution is -2.50. The number of aliphatic hydroxyl groups is 1. The molecule has 0 aliphatic rings. The van der Waals surface area contributed by atoms with E-state index in [1.54, 1.807) is 45.0 Å². The third kappa shape index (κ3) is 8.60. The highest BCUT2D eigenvalue weighted by atomic mass is 16.6. The van der Waals surface area contributed by atoms with Crippen LogP contribution in [-0.4, -0.2) is 59.3 Å². The van der Waals surface area contributed by atoms with E-state index in [4.69, 9.17) is 11.2 Å². The van der Waals surface area contributed by atoms with Crippen molar-refractivity contribution in [3.63, 3.8) is 0 Å². The van der Waals surface area contributed by atoms with Gasteiger partial charge in [0.15, 0.2) is 0 Å². The van der Waals surface area contributed by atoms with Gasteiger partial charge in [0.2, 0.25) is 11.8 Å². The predicted octanol–water partition coefficient (Wildman–Crippen LogP) is 2.36. The molecule has 0 heterocycles. The quantitative estimate of drug-likeness (QED) is 0.479. The molecule has 0 spiro atoms. The lowest BCUT2D eigenvalue weighted by Gasteiger charge is -2.32. The first-order valence-corrected chi connectivity index (χ1v) is 10.8. The predicted molar refractivity (Wildman–Crippen MR) is 123 cm³/mol. The van der Waals surface area contributed by atoms with Crippen molar-refractivity contribution in [2.75, 3.05) is 19.7 Å². The highest BCUT2D eigenvalue weighted by Crippen LogP contribution is 2.25. The Labute approximate surface area is 190 Å². The fraction of sp³-hybridized carbons (Fsp3) is 0.542. The average Bonchev–Trinajstić information content (AvgIpc) is 2.70. The molecule has 0 bridgehead atoms. The van der Waals surface area contributed by atoms with Gasteiger partial charge in [-0.25, -0.2) is 4.79 Å². The summed E-state index contributed by atoms with van der Waals surface area (Å²) in [6.07, 6.45) is 6.53. The second-order valence-electron chi connectivity index (χ2n) is 8.50. The van der Waals surface area contributed by atoms with Gasteiger partial charge in [-0.15, -0.1) is 6.42 Å². The Bertz CT molecular complexity index is 826. The number of hydrogen-bond donors (Lipinski definition) is 3. The molecule has 0 saturated heterocycles. The first kappa shape index (κ1) is 27.0. The van der Waals surface area contributed by atoms with Crippen molar-refractivity contribution in [1.82, 2.24) is 15.5 Å². The molecule has 0 fully saturated rings. The van der Waals surface area contributed by atoms with E-state index in [-0.39, 0.29) is 19.2 Å². The first-order valence-electron chi connectivity index (χ1n) is 10.8. The van der Waals surface area contributed by atoms with Gasteiger partial charge in [0.1, 0.15) is 18.2 Å².